The molecule has 0 radical (unpaired) electrons. The van der Waals surface area contributed by atoms with Gasteiger partial charge in [0.05, 0.1) is 24.1 Å². The van der Waals surface area contributed by atoms with Crippen LogP contribution in [-0.2, 0) is 0 Å². The average molecular weight is 222 g/mol. The van der Waals surface area contributed by atoms with Gasteiger partial charge in [-0.25, -0.2) is 0 Å². The van der Waals surface area contributed by atoms with Crippen LogP contribution in [0.15, 0.2) is 42.7 Å². The van der Waals surface area contributed by atoms with E-state index in [1.54, 1.807) is 0 Å². The molecule has 1 aromatic carbocycles. The van der Waals surface area contributed by atoms with Crippen LogP contribution in [0.25, 0.3) is 11.3 Å². The molecule has 1 aromatic heterocycles. The van der Waals surface area contributed by atoms with Gasteiger partial charge >= 0.3 is 29.6 Å². The summed E-state index contributed by atoms with van der Waals surface area (Å²) in [4.78, 5) is 18.2. The Labute approximate surface area is 115 Å². The zero-order valence-electron chi connectivity index (χ0n) is 8.75. The molecule has 0 fully saturated rings. The smallest absolute Gasteiger partial charge is 0.543 e. The number of carbonyl (C=O) groups excluding carboxylic acids is 1. The maximum absolute atomic E-state index is 10.4. The Hall–Kier alpha value is -1.23. The van der Waals surface area contributed by atoms with E-state index in [9.17, 15) is 9.90 Å². The van der Waals surface area contributed by atoms with E-state index in [1.165, 1.54) is 12.4 Å². The van der Waals surface area contributed by atoms with E-state index in [4.69, 9.17) is 0 Å². The zero-order valence-corrected chi connectivity index (χ0v) is 10.8. The molecule has 16 heavy (non-hydrogen) atoms. The van der Waals surface area contributed by atoms with Crippen LogP contribution < -0.4 is 34.7 Å². The summed E-state index contributed by atoms with van der Waals surface area (Å²) in [5.74, 6) is -1.32. The Morgan fingerprint density at radius 3 is 2.25 bits per heavy atom. The van der Waals surface area contributed by atoms with Crippen LogP contribution in [0.3, 0.4) is 0 Å². The van der Waals surface area contributed by atoms with Crippen molar-refractivity contribution in [2.45, 2.75) is 0 Å². The number of nitrogens with zero attached hydrogens (tertiary/aromatic N) is 2. The van der Waals surface area contributed by atoms with Crippen molar-refractivity contribution in [3.05, 3.63) is 48.4 Å². The molecule has 0 saturated heterocycles. The largest absolute Gasteiger partial charge is 1.00 e. The molecule has 0 atom stereocenters. The van der Waals surface area contributed by atoms with Crippen molar-refractivity contribution in [2.75, 3.05) is 0 Å². The Kier molecular flexibility index (Phi) is 4.61. The van der Waals surface area contributed by atoms with Crippen molar-refractivity contribution in [1.29, 1.82) is 0 Å². The SMILES string of the molecule is O=C([O-])c1cnc(-c2ccccc2)cn1.[Na+]. The summed E-state index contributed by atoms with van der Waals surface area (Å²) in [5, 5.41) is 10.4. The van der Waals surface area contributed by atoms with Gasteiger partial charge in [0.1, 0.15) is 5.69 Å². The molecule has 5 heteroatoms. The molecule has 2 rings (SSSR count). The van der Waals surface area contributed by atoms with Gasteiger partial charge in [-0.15, -0.1) is 0 Å². The molecule has 2 aromatic rings. The summed E-state index contributed by atoms with van der Waals surface area (Å²) in [5.41, 5.74) is 1.38. The van der Waals surface area contributed by atoms with Crippen molar-refractivity contribution >= 4 is 5.97 Å². The van der Waals surface area contributed by atoms with Crippen LogP contribution in [0.2, 0.25) is 0 Å². The molecule has 0 aliphatic rings. The number of benzene rings is 1. The minimum absolute atomic E-state index is 0. The number of hydrogen-bond acceptors (Lipinski definition) is 4. The van der Waals surface area contributed by atoms with Crippen LogP contribution in [0.1, 0.15) is 10.5 Å². The molecular formula is C11H7N2NaO2. The third kappa shape index (κ3) is 2.88. The van der Waals surface area contributed by atoms with Gasteiger partial charge in [0, 0.05) is 5.56 Å². The molecule has 0 aliphatic heterocycles. The number of aromatic nitrogens is 2. The molecule has 1 heterocycles. The second-order valence-corrected chi connectivity index (χ2v) is 2.94. The first-order valence-corrected chi connectivity index (χ1v) is 4.36. The molecular weight excluding hydrogens is 215 g/mol. The second-order valence-electron chi connectivity index (χ2n) is 2.94. The third-order valence-corrected chi connectivity index (χ3v) is 1.93. The summed E-state index contributed by atoms with van der Waals surface area (Å²) in [6.07, 6.45) is 2.61. The van der Waals surface area contributed by atoms with E-state index in [1.807, 2.05) is 30.3 Å². The van der Waals surface area contributed by atoms with Gasteiger partial charge in [-0.1, -0.05) is 30.3 Å². The second kappa shape index (κ2) is 5.75. The van der Waals surface area contributed by atoms with Crippen molar-refractivity contribution in [3.63, 3.8) is 0 Å². The Morgan fingerprint density at radius 1 is 1.06 bits per heavy atom. The monoisotopic (exact) mass is 222 g/mol. The van der Waals surface area contributed by atoms with Crippen molar-refractivity contribution < 1.29 is 39.5 Å². The number of rotatable bonds is 2. The first-order chi connectivity index (χ1) is 7.27. The van der Waals surface area contributed by atoms with Gasteiger partial charge in [0.2, 0.25) is 0 Å². The Morgan fingerprint density at radius 2 is 1.75 bits per heavy atom. The predicted octanol–water partition coefficient (Wildman–Crippen LogP) is -2.49. The summed E-state index contributed by atoms with van der Waals surface area (Å²) < 4.78 is 0. The van der Waals surface area contributed by atoms with Gasteiger partial charge < -0.3 is 9.90 Å². The molecule has 0 spiro atoms. The van der Waals surface area contributed by atoms with Crippen LogP contribution in [-0.4, -0.2) is 15.9 Å². The number of carbonyl (C=O) groups is 1. The van der Waals surface area contributed by atoms with Crippen LogP contribution in [0, 0.1) is 0 Å². The van der Waals surface area contributed by atoms with Gasteiger partial charge in [0.15, 0.2) is 0 Å². The third-order valence-electron chi connectivity index (χ3n) is 1.93. The molecule has 0 N–H and O–H groups in total. The fourth-order valence-electron chi connectivity index (χ4n) is 1.19. The minimum atomic E-state index is -1.32. The molecule has 0 amide bonds. The molecule has 0 unspecified atom stereocenters. The van der Waals surface area contributed by atoms with E-state index in [0.29, 0.717) is 5.69 Å². The number of carboxylic acids is 1. The van der Waals surface area contributed by atoms with Crippen molar-refractivity contribution in [2.24, 2.45) is 0 Å². The summed E-state index contributed by atoms with van der Waals surface area (Å²) in [6, 6.07) is 9.41. The van der Waals surface area contributed by atoms with Gasteiger partial charge in [-0.2, -0.15) is 0 Å². The van der Waals surface area contributed by atoms with E-state index in [-0.39, 0.29) is 35.3 Å². The Balaban J connectivity index is 0.00000128. The molecule has 0 aliphatic carbocycles. The topological polar surface area (TPSA) is 65.9 Å². The maximum atomic E-state index is 10.4. The Bertz CT molecular complexity index is 471. The summed E-state index contributed by atoms with van der Waals surface area (Å²) >= 11 is 0. The maximum Gasteiger partial charge on any atom is 1.00 e. The van der Waals surface area contributed by atoms with Crippen molar-refractivity contribution in [1.82, 2.24) is 9.97 Å². The fraction of sp³-hybridized carbons (Fsp3) is 0. The molecule has 0 saturated carbocycles. The summed E-state index contributed by atoms with van der Waals surface area (Å²) in [7, 11) is 0. The van der Waals surface area contributed by atoms with Crippen LogP contribution in [0.4, 0.5) is 0 Å². The standard InChI is InChI=1S/C11H8N2O2.Na/c14-11(15)10-7-12-9(6-13-10)8-4-2-1-3-5-8;/h1-7H,(H,14,15);/q;+1/p-1. The fourth-order valence-corrected chi connectivity index (χ4v) is 1.19. The average Bonchev–Trinajstić information content (AvgIpc) is 2.30. The zero-order chi connectivity index (χ0) is 10.7. The van der Waals surface area contributed by atoms with Gasteiger partial charge in [-0.05, 0) is 0 Å². The number of hydrogen-bond donors (Lipinski definition) is 0. The van der Waals surface area contributed by atoms with Gasteiger partial charge in [-0.3, -0.25) is 9.97 Å². The first kappa shape index (κ1) is 12.8. The van der Waals surface area contributed by atoms with E-state index in [2.05, 4.69) is 9.97 Å². The molecule has 74 valence electrons. The van der Waals surface area contributed by atoms with E-state index in [0.717, 1.165) is 5.56 Å². The van der Waals surface area contributed by atoms with E-state index < -0.39 is 5.97 Å². The van der Waals surface area contributed by atoms with Crippen LogP contribution >= 0.6 is 0 Å². The molecule has 0 bridgehead atoms. The summed E-state index contributed by atoms with van der Waals surface area (Å²) in [6.45, 7) is 0. The van der Waals surface area contributed by atoms with Crippen molar-refractivity contribution in [3.8, 4) is 11.3 Å². The number of carboxylic acid groups (broad SMARTS) is 1. The molecule has 4 nitrogen and oxygen atoms in total. The van der Waals surface area contributed by atoms with Gasteiger partial charge in [0.25, 0.3) is 0 Å². The quantitative estimate of drug-likeness (QED) is 0.527. The van der Waals surface area contributed by atoms with Crippen LogP contribution in [0.5, 0.6) is 0 Å². The number of aromatic carboxylic acids is 1. The minimum Gasteiger partial charge on any atom is -0.543 e. The first-order valence-electron chi connectivity index (χ1n) is 4.36. The van der Waals surface area contributed by atoms with E-state index >= 15 is 0 Å². The predicted molar refractivity (Wildman–Crippen MR) is 51.8 cm³/mol. The normalized spacial score (nSPS) is 9.25.